The number of carbonyl (C=O) groups is 1. The van der Waals surface area contributed by atoms with Crippen LogP contribution in [0.5, 0.6) is 0 Å². The molecule has 0 aromatic heterocycles. The Labute approximate surface area is 133 Å². The van der Waals surface area contributed by atoms with Crippen molar-refractivity contribution in [1.82, 2.24) is 5.32 Å². The molecule has 0 spiro atoms. The minimum absolute atomic E-state index is 0.0186. The van der Waals surface area contributed by atoms with Gasteiger partial charge in [0.05, 0.1) is 12.2 Å². The molecule has 2 N–H and O–H groups in total. The summed E-state index contributed by atoms with van der Waals surface area (Å²) in [7, 11) is 1.43. The number of anilines is 1. The van der Waals surface area contributed by atoms with Gasteiger partial charge < -0.3 is 15.4 Å². The van der Waals surface area contributed by atoms with E-state index in [1.807, 2.05) is 0 Å². The molecule has 1 atom stereocenters. The van der Waals surface area contributed by atoms with Crippen molar-refractivity contribution in [3.05, 3.63) is 65.7 Å². The van der Waals surface area contributed by atoms with Gasteiger partial charge in [-0.1, -0.05) is 30.3 Å². The topological polar surface area (TPSA) is 50.4 Å². The number of benzene rings is 2. The molecule has 0 aliphatic rings. The molecule has 0 aliphatic carbocycles. The SMILES string of the molecule is COC(C)(CNC(=O)Nc1ccccc1F)c1ccccc1F. The van der Waals surface area contributed by atoms with Gasteiger partial charge in [0.15, 0.2) is 0 Å². The highest BCUT2D eigenvalue weighted by atomic mass is 19.1. The third-order valence-corrected chi connectivity index (χ3v) is 3.60. The van der Waals surface area contributed by atoms with Crippen molar-refractivity contribution in [2.75, 3.05) is 19.0 Å². The quantitative estimate of drug-likeness (QED) is 0.883. The van der Waals surface area contributed by atoms with Crippen LogP contribution in [0.25, 0.3) is 0 Å². The number of rotatable bonds is 5. The van der Waals surface area contributed by atoms with E-state index in [-0.39, 0.29) is 12.2 Å². The summed E-state index contributed by atoms with van der Waals surface area (Å²) in [5.41, 5.74) is -0.651. The van der Waals surface area contributed by atoms with E-state index in [0.717, 1.165) is 0 Å². The zero-order valence-corrected chi connectivity index (χ0v) is 12.9. The number of amides is 2. The Bertz CT molecular complexity index is 694. The second-order valence-corrected chi connectivity index (χ2v) is 5.20. The standard InChI is InChI=1S/C17H18F2N2O2/c1-17(23-2,12-7-3-4-8-13(12)18)11-20-16(22)21-15-10-6-5-9-14(15)19/h3-10H,11H2,1-2H3,(H2,20,21,22). The van der Waals surface area contributed by atoms with E-state index in [1.54, 1.807) is 31.2 Å². The van der Waals surface area contributed by atoms with Crippen LogP contribution < -0.4 is 10.6 Å². The lowest BCUT2D eigenvalue weighted by Gasteiger charge is -2.29. The first-order chi connectivity index (χ1) is 11.0. The number of ether oxygens (including phenoxy) is 1. The van der Waals surface area contributed by atoms with Crippen molar-refractivity contribution in [1.29, 1.82) is 0 Å². The first-order valence-corrected chi connectivity index (χ1v) is 7.06. The van der Waals surface area contributed by atoms with Crippen LogP contribution in [0.15, 0.2) is 48.5 Å². The summed E-state index contributed by atoms with van der Waals surface area (Å²) in [5.74, 6) is -0.959. The molecule has 0 aliphatic heterocycles. The van der Waals surface area contributed by atoms with E-state index in [4.69, 9.17) is 4.74 Å². The molecule has 0 radical (unpaired) electrons. The van der Waals surface area contributed by atoms with E-state index in [0.29, 0.717) is 5.56 Å². The number of hydrogen-bond acceptors (Lipinski definition) is 2. The predicted octanol–water partition coefficient (Wildman–Crippen LogP) is 3.65. The first kappa shape index (κ1) is 16.9. The minimum atomic E-state index is -1.04. The second kappa shape index (κ2) is 7.19. The molecule has 6 heteroatoms. The second-order valence-electron chi connectivity index (χ2n) is 5.20. The van der Waals surface area contributed by atoms with Gasteiger partial charge in [0.1, 0.15) is 17.2 Å². The zero-order chi connectivity index (χ0) is 16.9. The Balaban J connectivity index is 2.04. The van der Waals surface area contributed by atoms with Crippen LogP contribution in [0, 0.1) is 11.6 Å². The maximum absolute atomic E-state index is 13.9. The van der Waals surface area contributed by atoms with Gasteiger partial charge >= 0.3 is 6.03 Å². The minimum Gasteiger partial charge on any atom is -0.372 e. The molecule has 0 fully saturated rings. The molecule has 2 aromatic carbocycles. The Hall–Kier alpha value is -2.47. The van der Waals surface area contributed by atoms with Gasteiger partial charge in [-0.2, -0.15) is 0 Å². The van der Waals surface area contributed by atoms with Crippen LogP contribution >= 0.6 is 0 Å². The summed E-state index contributed by atoms with van der Waals surface area (Å²) >= 11 is 0. The average Bonchev–Trinajstić information content (AvgIpc) is 2.55. The molecule has 23 heavy (non-hydrogen) atoms. The summed E-state index contributed by atoms with van der Waals surface area (Å²) in [4.78, 5) is 11.9. The maximum atomic E-state index is 13.9. The van der Waals surface area contributed by atoms with Gasteiger partial charge in [0.2, 0.25) is 0 Å². The van der Waals surface area contributed by atoms with Gasteiger partial charge in [-0.15, -0.1) is 0 Å². The van der Waals surface area contributed by atoms with Crippen LogP contribution in [0.4, 0.5) is 19.3 Å². The fourth-order valence-corrected chi connectivity index (χ4v) is 2.15. The Morgan fingerprint density at radius 1 is 1.09 bits per heavy atom. The molecule has 122 valence electrons. The number of hydrogen-bond donors (Lipinski definition) is 2. The van der Waals surface area contributed by atoms with Crippen LogP contribution in [-0.2, 0) is 10.3 Å². The number of carbonyl (C=O) groups excluding carboxylic acids is 1. The number of para-hydroxylation sites is 1. The fourth-order valence-electron chi connectivity index (χ4n) is 2.15. The van der Waals surface area contributed by atoms with Gasteiger partial charge in [0, 0.05) is 12.7 Å². The molecule has 0 bridgehead atoms. The fraction of sp³-hybridized carbons (Fsp3) is 0.235. The number of methoxy groups -OCH3 is 1. The molecule has 0 saturated carbocycles. The largest absolute Gasteiger partial charge is 0.372 e. The van der Waals surface area contributed by atoms with Crippen molar-refractivity contribution < 1.29 is 18.3 Å². The smallest absolute Gasteiger partial charge is 0.319 e. The van der Waals surface area contributed by atoms with E-state index in [1.165, 1.54) is 31.4 Å². The molecule has 1 unspecified atom stereocenters. The lowest BCUT2D eigenvalue weighted by atomic mass is 9.95. The van der Waals surface area contributed by atoms with Crippen molar-refractivity contribution in [2.24, 2.45) is 0 Å². The van der Waals surface area contributed by atoms with Crippen molar-refractivity contribution in [3.63, 3.8) is 0 Å². The number of nitrogens with one attached hydrogen (secondary N) is 2. The highest BCUT2D eigenvalue weighted by Crippen LogP contribution is 2.26. The maximum Gasteiger partial charge on any atom is 0.319 e. The summed E-state index contributed by atoms with van der Waals surface area (Å²) in [6.07, 6.45) is 0. The van der Waals surface area contributed by atoms with Crippen molar-refractivity contribution in [3.8, 4) is 0 Å². The third-order valence-electron chi connectivity index (χ3n) is 3.60. The molecule has 0 heterocycles. The van der Waals surface area contributed by atoms with Gasteiger partial charge in [-0.25, -0.2) is 13.6 Å². The summed E-state index contributed by atoms with van der Waals surface area (Å²) in [5, 5.41) is 4.97. The normalized spacial score (nSPS) is 13.2. The molecule has 4 nitrogen and oxygen atoms in total. The van der Waals surface area contributed by atoms with Gasteiger partial charge in [0.25, 0.3) is 0 Å². The number of urea groups is 1. The molecular weight excluding hydrogens is 302 g/mol. The van der Waals surface area contributed by atoms with Gasteiger partial charge in [-0.05, 0) is 25.1 Å². The summed E-state index contributed by atoms with van der Waals surface area (Å²) < 4.78 is 32.8. The number of halogens is 2. The molecular formula is C17H18F2N2O2. The van der Waals surface area contributed by atoms with E-state index in [9.17, 15) is 13.6 Å². The molecule has 2 aromatic rings. The lowest BCUT2D eigenvalue weighted by Crippen LogP contribution is -2.42. The van der Waals surface area contributed by atoms with Crippen LogP contribution in [0.2, 0.25) is 0 Å². The van der Waals surface area contributed by atoms with E-state index >= 15 is 0 Å². The van der Waals surface area contributed by atoms with Gasteiger partial charge in [-0.3, -0.25) is 0 Å². The van der Waals surface area contributed by atoms with Crippen LogP contribution in [0.3, 0.4) is 0 Å². The average molecular weight is 320 g/mol. The lowest BCUT2D eigenvalue weighted by molar-refractivity contribution is 0.00235. The third kappa shape index (κ3) is 4.04. The molecule has 2 rings (SSSR count). The highest BCUT2D eigenvalue weighted by molar-refractivity contribution is 5.89. The Morgan fingerprint density at radius 3 is 2.30 bits per heavy atom. The summed E-state index contributed by atoms with van der Waals surface area (Å²) in [6, 6.07) is 11.4. The van der Waals surface area contributed by atoms with Crippen LogP contribution in [-0.4, -0.2) is 19.7 Å². The van der Waals surface area contributed by atoms with E-state index < -0.39 is 23.3 Å². The Kier molecular flexibility index (Phi) is 5.28. The molecule has 0 saturated heterocycles. The van der Waals surface area contributed by atoms with Crippen molar-refractivity contribution >= 4 is 11.7 Å². The van der Waals surface area contributed by atoms with Crippen molar-refractivity contribution in [2.45, 2.75) is 12.5 Å². The highest BCUT2D eigenvalue weighted by Gasteiger charge is 2.29. The molecule has 2 amide bonds. The van der Waals surface area contributed by atoms with E-state index in [2.05, 4.69) is 10.6 Å². The van der Waals surface area contributed by atoms with Crippen LogP contribution in [0.1, 0.15) is 12.5 Å². The zero-order valence-electron chi connectivity index (χ0n) is 12.9. The first-order valence-electron chi connectivity index (χ1n) is 7.06. The Morgan fingerprint density at radius 2 is 1.70 bits per heavy atom. The monoisotopic (exact) mass is 320 g/mol. The predicted molar refractivity (Wildman–Crippen MR) is 84.2 cm³/mol. The summed E-state index contributed by atoms with van der Waals surface area (Å²) in [6.45, 7) is 1.68.